The fraction of sp³-hybridized carbons (Fsp3) is 0. The summed E-state index contributed by atoms with van der Waals surface area (Å²) in [5.74, 6) is -0.646. The van der Waals surface area contributed by atoms with Gasteiger partial charge < -0.3 is 5.32 Å². The quantitative estimate of drug-likeness (QED) is 0.881. The number of carbonyl (C=O) groups is 2. The molecule has 0 amide bonds. The van der Waals surface area contributed by atoms with E-state index in [1.54, 1.807) is 0 Å². The van der Waals surface area contributed by atoms with Gasteiger partial charge in [0, 0.05) is 24.2 Å². The van der Waals surface area contributed by atoms with Crippen molar-refractivity contribution in [2.24, 2.45) is 0 Å². The van der Waals surface area contributed by atoms with Gasteiger partial charge in [-0.2, -0.15) is 0 Å². The van der Waals surface area contributed by atoms with Crippen molar-refractivity contribution in [3.63, 3.8) is 0 Å². The number of anilines is 1. The predicted octanol–water partition coefficient (Wildman–Crippen LogP) is 1.85. The molecule has 0 aliphatic heterocycles. The highest BCUT2D eigenvalue weighted by Gasteiger charge is 2.27. The number of Topliss-reactive ketones (excluding diaryl/α,β-unsaturated/α-hetero) is 1. The van der Waals surface area contributed by atoms with Crippen molar-refractivity contribution in [2.75, 3.05) is 5.32 Å². The smallest absolute Gasteiger partial charge is 0.229 e. The fourth-order valence-corrected chi connectivity index (χ4v) is 1.85. The molecule has 5 nitrogen and oxygen atoms in total. The van der Waals surface area contributed by atoms with Gasteiger partial charge in [0.15, 0.2) is 0 Å². The Morgan fingerprint density at radius 1 is 0.895 bits per heavy atom. The molecule has 19 heavy (non-hydrogen) atoms. The lowest BCUT2D eigenvalue weighted by molar-refractivity contribution is 0.0978. The number of benzene rings is 1. The minimum absolute atomic E-state index is 0.0911. The highest BCUT2D eigenvalue weighted by Crippen LogP contribution is 2.19. The topological polar surface area (TPSA) is 72.0 Å². The van der Waals surface area contributed by atoms with Gasteiger partial charge in [-0.25, -0.2) is 9.97 Å². The van der Waals surface area contributed by atoms with Gasteiger partial charge in [-0.15, -0.1) is 0 Å². The van der Waals surface area contributed by atoms with Gasteiger partial charge in [0.25, 0.3) is 0 Å². The van der Waals surface area contributed by atoms with E-state index in [0.29, 0.717) is 0 Å². The van der Waals surface area contributed by atoms with Gasteiger partial charge in [-0.1, -0.05) is 18.2 Å². The Labute approximate surface area is 109 Å². The van der Waals surface area contributed by atoms with Crippen LogP contribution in [0.25, 0.3) is 0 Å². The summed E-state index contributed by atoms with van der Waals surface area (Å²) in [5, 5.41) is 2.92. The summed E-state index contributed by atoms with van der Waals surface area (Å²) in [6, 6.07) is 9.17. The Kier molecular flexibility index (Phi) is 2.64. The number of hydrogen-bond acceptors (Lipinski definition) is 5. The number of para-hydroxylation sites is 1. The second-order valence-corrected chi connectivity index (χ2v) is 4.00. The molecular formula is C14H9N3O2. The van der Waals surface area contributed by atoms with Crippen molar-refractivity contribution in [1.29, 1.82) is 0 Å². The van der Waals surface area contributed by atoms with Crippen molar-refractivity contribution in [2.45, 2.75) is 0 Å². The molecule has 0 spiro atoms. The van der Waals surface area contributed by atoms with Crippen LogP contribution in [0.1, 0.15) is 21.0 Å². The number of hydrogen-bond donors (Lipinski definition) is 1. The first-order valence-electron chi connectivity index (χ1n) is 5.69. The molecular weight excluding hydrogens is 242 g/mol. The second kappa shape index (κ2) is 4.45. The summed E-state index contributed by atoms with van der Waals surface area (Å²) in [4.78, 5) is 31.9. The summed E-state index contributed by atoms with van der Waals surface area (Å²) in [6.07, 6.45) is 4.05. The lowest BCUT2D eigenvalue weighted by atomic mass is 10.0. The van der Waals surface area contributed by atoms with Gasteiger partial charge in [0.2, 0.25) is 11.6 Å². The minimum atomic E-state index is -0.327. The molecule has 5 heteroatoms. The van der Waals surface area contributed by atoms with Crippen LogP contribution < -0.4 is 5.32 Å². The van der Waals surface area contributed by atoms with E-state index >= 15 is 0 Å². The number of rotatable bonds is 2. The summed E-state index contributed by atoms with van der Waals surface area (Å²) in [6.45, 7) is 0. The van der Waals surface area contributed by atoms with Gasteiger partial charge in [0.05, 0.1) is 5.70 Å². The molecule has 2 aromatic rings. The third-order valence-corrected chi connectivity index (χ3v) is 2.72. The van der Waals surface area contributed by atoms with Crippen LogP contribution in [0.15, 0.2) is 54.5 Å². The van der Waals surface area contributed by atoms with E-state index in [1.165, 1.54) is 18.5 Å². The number of carbonyl (C=O) groups excluding carboxylic acids is 2. The van der Waals surface area contributed by atoms with Crippen molar-refractivity contribution in [3.8, 4) is 0 Å². The Hall–Kier alpha value is -2.82. The molecule has 1 aromatic heterocycles. The molecule has 3 rings (SSSR count). The number of allylic oxidation sites excluding steroid dienone is 2. The summed E-state index contributed by atoms with van der Waals surface area (Å²) in [7, 11) is 0. The molecule has 0 fully saturated rings. The van der Waals surface area contributed by atoms with E-state index in [-0.39, 0.29) is 28.7 Å². The minimum Gasteiger partial charge on any atom is -0.352 e. The average molecular weight is 251 g/mol. The molecule has 0 unspecified atom stereocenters. The second-order valence-electron chi connectivity index (χ2n) is 4.00. The Morgan fingerprint density at radius 3 is 2.32 bits per heavy atom. The molecule has 0 saturated carbocycles. The Balaban J connectivity index is 1.97. The van der Waals surface area contributed by atoms with Gasteiger partial charge in [0.1, 0.15) is 11.4 Å². The Bertz CT molecular complexity index is 693. The molecule has 0 radical (unpaired) electrons. The van der Waals surface area contributed by atoms with Crippen molar-refractivity contribution < 1.29 is 9.59 Å². The van der Waals surface area contributed by atoms with E-state index in [1.807, 2.05) is 30.3 Å². The molecule has 1 N–H and O–H groups in total. The maximum Gasteiger partial charge on any atom is 0.229 e. The van der Waals surface area contributed by atoms with E-state index in [0.717, 1.165) is 5.69 Å². The zero-order chi connectivity index (χ0) is 13.2. The maximum absolute atomic E-state index is 12.2. The zero-order valence-corrected chi connectivity index (χ0v) is 9.83. The highest BCUT2D eigenvalue weighted by atomic mass is 16.1. The van der Waals surface area contributed by atoms with E-state index in [2.05, 4.69) is 15.3 Å². The lowest BCUT2D eigenvalue weighted by Gasteiger charge is -2.14. The number of nitrogens with one attached hydrogen (secondary N) is 1. The lowest BCUT2D eigenvalue weighted by Crippen LogP contribution is -2.23. The first-order chi connectivity index (χ1) is 9.25. The fourth-order valence-electron chi connectivity index (χ4n) is 1.85. The summed E-state index contributed by atoms with van der Waals surface area (Å²) >= 11 is 0. The van der Waals surface area contributed by atoms with Crippen LogP contribution in [0, 0.1) is 0 Å². The third-order valence-electron chi connectivity index (χ3n) is 2.72. The summed E-state index contributed by atoms with van der Waals surface area (Å²) in [5.41, 5.74) is 1.14. The van der Waals surface area contributed by atoms with E-state index in [4.69, 9.17) is 0 Å². The first kappa shape index (κ1) is 11.3. The van der Waals surface area contributed by atoms with Gasteiger partial charge in [-0.3, -0.25) is 9.59 Å². The van der Waals surface area contributed by atoms with Crippen LogP contribution in [0.4, 0.5) is 5.69 Å². The van der Waals surface area contributed by atoms with Crippen LogP contribution >= 0.6 is 0 Å². The molecule has 1 aliphatic rings. The third kappa shape index (κ3) is 2.01. The molecule has 0 saturated heterocycles. The number of nitrogens with zero attached hydrogens (tertiary/aromatic N) is 2. The molecule has 1 aromatic carbocycles. The van der Waals surface area contributed by atoms with E-state index in [9.17, 15) is 9.59 Å². The molecule has 92 valence electrons. The zero-order valence-electron chi connectivity index (χ0n) is 9.83. The largest absolute Gasteiger partial charge is 0.352 e. The first-order valence-corrected chi connectivity index (χ1v) is 5.69. The summed E-state index contributed by atoms with van der Waals surface area (Å²) < 4.78 is 0. The van der Waals surface area contributed by atoms with Gasteiger partial charge in [-0.05, 0) is 12.1 Å². The van der Waals surface area contributed by atoms with Crippen LogP contribution in [-0.2, 0) is 0 Å². The number of aromatic nitrogens is 2. The molecule has 1 aliphatic carbocycles. The van der Waals surface area contributed by atoms with E-state index < -0.39 is 0 Å². The number of fused-ring (bicyclic) bond motifs is 1. The SMILES string of the molecule is O=C1C=C(Nc2ccccc2)C(=O)c2nccnc21. The highest BCUT2D eigenvalue weighted by molar-refractivity contribution is 6.23. The number of ketones is 2. The van der Waals surface area contributed by atoms with Crippen molar-refractivity contribution in [1.82, 2.24) is 9.97 Å². The standard InChI is InChI=1S/C14H9N3O2/c18-11-8-10(17-9-4-2-1-3-5-9)14(19)13-12(11)15-6-7-16-13/h1-8,17H. The maximum atomic E-state index is 12.2. The molecule has 0 bridgehead atoms. The monoisotopic (exact) mass is 251 g/mol. The van der Waals surface area contributed by atoms with Gasteiger partial charge >= 0.3 is 0 Å². The van der Waals surface area contributed by atoms with Crippen molar-refractivity contribution >= 4 is 17.3 Å². The average Bonchev–Trinajstić information content (AvgIpc) is 2.46. The molecule has 0 atom stereocenters. The normalized spacial score (nSPS) is 13.8. The van der Waals surface area contributed by atoms with Crippen LogP contribution in [-0.4, -0.2) is 21.5 Å². The van der Waals surface area contributed by atoms with Crippen LogP contribution in [0.5, 0.6) is 0 Å². The Morgan fingerprint density at radius 2 is 1.58 bits per heavy atom. The van der Waals surface area contributed by atoms with Crippen LogP contribution in [0.2, 0.25) is 0 Å². The molecule has 1 heterocycles. The van der Waals surface area contributed by atoms with Crippen LogP contribution in [0.3, 0.4) is 0 Å². The van der Waals surface area contributed by atoms with Crippen molar-refractivity contribution in [3.05, 3.63) is 65.9 Å². The predicted molar refractivity (Wildman–Crippen MR) is 68.8 cm³/mol.